The number of hydrogen-bond donors (Lipinski definition) is 0. The summed E-state index contributed by atoms with van der Waals surface area (Å²) in [6, 6.07) is 25.5. The molecule has 28 heavy (non-hydrogen) atoms. The van der Waals surface area contributed by atoms with Crippen molar-refractivity contribution in [3.05, 3.63) is 98.4 Å². The molecule has 3 aromatic carbocycles. The minimum Gasteiger partial charge on any atom is -0.260 e. The van der Waals surface area contributed by atoms with Gasteiger partial charge < -0.3 is 0 Å². The minimum absolute atomic E-state index is 0.739. The van der Waals surface area contributed by atoms with E-state index in [4.69, 9.17) is 5.10 Å². The van der Waals surface area contributed by atoms with Gasteiger partial charge in [-0.25, -0.2) is 0 Å². The molecule has 0 atom stereocenters. The highest BCUT2D eigenvalue weighted by Crippen LogP contribution is 2.33. The number of nitrogens with zero attached hydrogens (tertiary/aromatic N) is 2. The van der Waals surface area contributed by atoms with E-state index >= 15 is 0 Å². The van der Waals surface area contributed by atoms with Crippen LogP contribution < -0.4 is 0 Å². The minimum atomic E-state index is 0.739. The van der Waals surface area contributed by atoms with Gasteiger partial charge >= 0.3 is 0 Å². The van der Waals surface area contributed by atoms with Gasteiger partial charge in [0.25, 0.3) is 0 Å². The summed E-state index contributed by atoms with van der Waals surface area (Å²) < 4.78 is 4.27. The number of benzene rings is 3. The first-order chi connectivity index (χ1) is 13.5. The zero-order valence-electron chi connectivity index (χ0n) is 15.8. The quantitative estimate of drug-likeness (QED) is 0.288. The Morgan fingerprint density at radius 1 is 0.714 bits per heavy atom. The summed E-state index contributed by atoms with van der Waals surface area (Å²) in [6.45, 7) is 5.01. The number of aromatic nitrogens is 2. The molecule has 4 aromatic rings. The molecule has 0 unspecified atom stereocenters. The summed E-state index contributed by atoms with van der Waals surface area (Å²) in [5.41, 5.74) is 8.18. The predicted octanol–water partition coefficient (Wildman–Crippen LogP) is 7.41. The number of rotatable bonds is 4. The van der Waals surface area contributed by atoms with Crippen molar-refractivity contribution in [2.45, 2.75) is 20.4 Å². The molecule has 1 aromatic heterocycles. The normalized spacial score (nSPS) is 11.0. The summed E-state index contributed by atoms with van der Waals surface area (Å²) in [5, 5.41) is 5.02. The van der Waals surface area contributed by atoms with E-state index < -0.39 is 0 Å². The van der Waals surface area contributed by atoms with E-state index in [1.807, 2.05) is 0 Å². The topological polar surface area (TPSA) is 17.8 Å². The van der Waals surface area contributed by atoms with Crippen LogP contribution in [0.2, 0.25) is 0 Å². The molecule has 0 aliphatic rings. The molecule has 0 amide bonds. The molecular weight excluding hydrogens is 476 g/mol. The van der Waals surface area contributed by atoms with Crippen LogP contribution >= 0.6 is 31.9 Å². The molecule has 2 nitrogen and oxygen atoms in total. The van der Waals surface area contributed by atoms with Gasteiger partial charge in [0, 0.05) is 25.6 Å². The van der Waals surface area contributed by atoms with E-state index in [-0.39, 0.29) is 0 Å². The maximum Gasteiger partial charge on any atom is 0.0959 e. The molecule has 0 saturated heterocycles. The third-order valence-corrected chi connectivity index (χ3v) is 5.93. The fourth-order valence-electron chi connectivity index (χ4n) is 3.39. The van der Waals surface area contributed by atoms with Crippen LogP contribution in [-0.4, -0.2) is 9.78 Å². The van der Waals surface area contributed by atoms with Crippen LogP contribution in [0.15, 0.2) is 81.7 Å². The van der Waals surface area contributed by atoms with Crippen molar-refractivity contribution in [2.75, 3.05) is 0 Å². The monoisotopic (exact) mass is 494 g/mol. The predicted molar refractivity (Wildman–Crippen MR) is 124 cm³/mol. The smallest absolute Gasteiger partial charge is 0.0959 e. The Morgan fingerprint density at radius 3 is 1.82 bits per heavy atom. The largest absolute Gasteiger partial charge is 0.260 e. The zero-order valence-corrected chi connectivity index (χ0v) is 19.0. The van der Waals surface area contributed by atoms with Crippen LogP contribution in [-0.2, 0) is 6.54 Å². The van der Waals surface area contributed by atoms with Gasteiger partial charge in [-0.1, -0.05) is 86.0 Å². The molecule has 0 aliphatic heterocycles. The Morgan fingerprint density at radius 2 is 1.25 bits per heavy atom. The SMILES string of the molecule is Cc1ccc(Cn2nc(-c3ccc(Br)cc3)c(C)c2-c2ccc(Br)cc2)cc1. The molecular formula is C24H20Br2N2. The van der Waals surface area contributed by atoms with Gasteiger partial charge in [-0.15, -0.1) is 0 Å². The summed E-state index contributed by atoms with van der Waals surface area (Å²) in [6.07, 6.45) is 0. The lowest BCUT2D eigenvalue weighted by molar-refractivity contribution is 0.696. The molecule has 4 rings (SSSR count). The third kappa shape index (κ3) is 3.98. The van der Waals surface area contributed by atoms with Crippen molar-refractivity contribution in [2.24, 2.45) is 0 Å². The van der Waals surface area contributed by atoms with E-state index in [0.29, 0.717) is 0 Å². The van der Waals surface area contributed by atoms with Gasteiger partial charge in [0.1, 0.15) is 0 Å². The van der Waals surface area contributed by atoms with Crippen molar-refractivity contribution in [1.29, 1.82) is 0 Å². The lowest BCUT2D eigenvalue weighted by Gasteiger charge is -2.09. The fraction of sp³-hybridized carbons (Fsp3) is 0.125. The first-order valence-corrected chi connectivity index (χ1v) is 10.7. The van der Waals surface area contributed by atoms with Crippen LogP contribution in [0.25, 0.3) is 22.5 Å². The summed E-state index contributed by atoms with van der Waals surface area (Å²) in [5.74, 6) is 0. The average molecular weight is 496 g/mol. The van der Waals surface area contributed by atoms with Crippen LogP contribution in [0.3, 0.4) is 0 Å². The fourth-order valence-corrected chi connectivity index (χ4v) is 3.92. The van der Waals surface area contributed by atoms with Crippen LogP contribution in [0.4, 0.5) is 0 Å². The van der Waals surface area contributed by atoms with Crippen molar-refractivity contribution in [3.8, 4) is 22.5 Å². The van der Waals surface area contributed by atoms with E-state index in [2.05, 4.69) is 123 Å². The van der Waals surface area contributed by atoms with E-state index in [0.717, 1.165) is 32.4 Å². The second-order valence-corrected chi connectivity index (χ2v) is 8.81. The second-order valence-electron chi connectivity index (χ2n) is 6.98. The Balaban J connectivity index is 1.84. The van der Waals surface area contributed by atoms with E-state index in [1.54, 1.807) is 0 Å². The summed E-state index contributed by atoms with van der Waals surface area (Å²) >= 11 is 7.06. The van der Waals surface area contributed by atoms with Crippen molar-refractivity contribution >= 4 is 31.9 Å². The Labute approximate surface area is 182 Å². The molecule has 1 heterocycles. The number of hydrogen-bond acceptors (Lipinski definition) is 1. The third-order valence-electron chi connectivity index (χ3n) is 4.88. The molecule has 0 fully saturated rings. The highest BCUT2D eigenvalue weighted by molar-refractivity contribution is 9.10. The molecule has 4 heteroatoms. The maximum absolute atomic E-state index is 5.02. The van der Waals surface area contributed by atoms with Crippen molar-refractivity contribution in [1.82, 2.24) is 9.78 Å². The van der Waals surface area contributed by atoms with Gasteiger partial charge in [0.05, 0.1) is 17.9 Å². The van der Waals surface area contributed by atoms with Crippen LogP contribution in [0, 0.1) is 13.8 Å². The van der Waals surface area contributed by atoms with Gasteiger partial charge in [-0.05, 0) is 43.7 Å². The molecule has 0 saturated carbocycles. The lowest BCUT2D eigenvalue weighted by Crippen LogP contribution is -2.04. The summed E-state index contributed by atoms with van der Waals surface area (Å²) in [7, 11) is 0. The first kappa shape index (κ1) is 19.2. The zero-order chi connectivity index (χ0) is 19.7. The molecule has 0 N–H and O–H groups in total. The Hall–Kier alpha value is -2.17. The van der Waals surface area contributed by atoms with Crippen LogP contribution in [0.5, 0.6) is 0 Å². The van der Waals surface area contributed by atoms with Crippen LogP contribution in [0.1, 0.15) is 16.7 Å². The van der Waals surface area contributed by atoms with E-state index in [9.17, 15) is 0 Å². The highest BCUT2D eigenvalue weighted by atomic mass is 79.9. The Bertz CT molecular complexity index is 1090. The maximum atomic E-state index is 5.02. The first-order valence-electron chi connectivity index (χ1n) is 9.16. The van der Waals surface area contributed by atoms with Gasteiger partial charge in [-0.2, -0.15) is 5.10 Å². The van der Waals surface area contributed by atoms with Gasteiger partial charge in [-0.3, -0.25) is 4.68 Å². The molecule has 0 aliphatic carbocycles. The van der Waals surface area contributed by atoms with E-state index in [1.165, 1.54) is 22.3 Å². The number of aryl methyl sites for hydroxylation is 1. The average Bonchev–Trinajstić information content (AvgIpc) is 3.01. The molecule has 140 valence electrons. The number of halogens is 2. The molecule has 0 radical (unpaired) electrons. The molecule has 0 bridgehead atoms. The second kappa shape index (κ2) is 8.06. The van der Waals surface area contributed by atoms with Gasteiger partial charge in [0.2, 0.25) is 0 Å². The van der Waals surface area contributed by atoms with Crippen molar-refractivity contribution in [3.63, 3.8) is 0 Å². The molecule has 0 spiro atoms. The van der Waals surface area contributed by atoms with Crippen molar-refractivity contribution < 1.29 is 0 Å². The standard InChI is InChI=1S/C24H20Br2N2/c1-16-3-5-18(6-4-16)15-28-24(20-9-13-22(26)14-10-20)17(2)23(27-28)19-7-11-21(25)12-8-19/h3-14H,15H2,1-2H3. The Kier molecular flexibility index (Phi) is 5.51. The van der Waals surface area contributed by atoms with Gasteiger partial charge in [0.15, 0.2) is 0 Å². The highest BCUT2D eigenvalue weighted by Gasteiger charge is 2.17. The summed E-state index contributed by atoms with van der Waals surface area (Å²) in [4.78, 5) is 0. The lowest BCUT2D eigenvalue weighted by atomic mass is 10.0.